The minimum atomic E-state index is -4.14. The number of hydrogen-bond donors (Lipinski definition) is 1. The molecule has 2 aromatic rings. The number of anilines is 1. The summed E-state index contributed by atoms with van der Waals surface area (Å²) in [7, 11) is -4.14. The third-order valence-electron chi connectivity index (χ3n) is 4.17. The number of aryl methyl sites for hydroxylation is 1. The molecule has 0 unspecified atom stereocenters. The van der Waals surface area contributed by atoms with Crippen molar-refractivity contribution in [3.8, 4) is 0 Å². The second-order valence-corrected chi connectivity index (χ2v) is 7.97. The molecule has 0 radical (unpaired) electrons. The Bertz CT molecular complexity index is 900. The molecule has 0 aliphatic carbocycles. The molecule has 0 atom stereocenters. The van der Waals surface area contributed by atoms with Crippen molar-refractivity contribution >= 4 is 15.8 Å². The predicted molar refractivity (Wildman–Crippen MR) is 93.2 cm³/mol. The number of aromatic nitrogens is 2. The van der Waals surface area contributed by atoms with E-state index in [1.54, 1.807) is 0 Å². The Hall–Kier alpha value is -2.13. The molecule has 0 spiro atoms. The molecule has 1 aliphatic heterocycles. The summed E-state index contributed by atoms with van der Waals surface area (Å²) in [5, 5.41) is 0. The average molecular weight is 382 g/mol. The Kier molecular flexibility index (Phi) is 5.47. The quantitative estimate of drug-likeness (QED) is 0.860. The van der Waals surface area contributed by atoms with Gasteiger partial charge < -0.3 is 4.90 Å². The topological polar surface area (TPSA) is 75.2 Å². The number of nitrogens with one attached hydrogen (secondary N) is 1. The minimum absolute atomic E-state index is 0.179. The zero-order valence-electron chi connectivity index (χ0n) is 14.4. The lowest BCUT2D eigenvalue weighted by Gasteiger charge is -2.28. The van der Waals surface area contributed by atoms with Gasteiger partial charge in [0.2, 0.25) is 10.0 Å². The highest BCUT2D eigenvalue weighted by atomic mass is 32.2. The molecule has 1 fully saturated rings. The molecule has 0 bridgehead atoms. The van der Waals surface area contributed by atoms with Crippen molar-refractivity contribution in [1.29, 1.82) is 0 Å². The number of hydrogen-bond acceptors (Lipinski definition) is 5. The van der Waals surface area contributed by atoms with Crippen LogP contribution in [-0.2, 0) is 16.6 Å². The van der Waals surface area contributed by atoms with E-state index in [9.17, 15) is 17.2 Å². The van der Waals surface area contributed by atoms with Crippen LogP contribution in [0.2, 0.25) is 0 Å². The van der Waals surface area contributed by atoms with Crippen LogP contribution in [0.1, 0.15) is 30.8 Å². The van der Waals surface area contributed by atoms with Crippen LogP contribution in [0.25, 0.3) is 0 Å². The highest BCUT2D eigenvalue weighted by Crippen LogP contribution is 2.19. The molecule has 26 heavy (non-hydrogen) atoms. The second kappa shape index (κ2) is 7.63. The van der Waals surface area contributed by atoms with Gasteiger partial charge in [0.25, 0.3) is 0 Å². The van der Waals surface area contributed by atoms with Crippen molar-refractivity contribution in [2.75, 3.05) is 18.0 Å². The Morgan fingerprint density at radius 1 is 1.12 bits per heavy atom. The van der Waals surface area contributed by atoms with Crippen LogP contribution in [0.5, 0.6) is 0 Å². The molecule has 6 nitrogen and oxygen atoms in total. The summed E-state index contributed by atoms with van der Waals surface area (Å²) in [4.78, 5) is 10.2. The summed E-state index contributed by atoms with van der Waals surface area (Å²) in [5.74, 6) is -0.915. The first-order valence-corrected chi connectivity index (χ1v) is 9.88. The normalized spacial score (nSPS) is 15.3. The van der Waals surface area contributed by atoms with Gasteiger partial charge in [-0.2, -0.15) is 0 Å². The zero-order chi connectivity index (χ0) is 18.7. The number of halogens is 2. The first-order valence-electron chi connectivity index (χ1n) is 8.39. The summed E-state index contributed by atoms with van der Waals surface area (Å²) >= 11 is 0. The molecule has 0 amide bonds. The monoisotopic (exact) mass is 382 g/mol. The molecule has 1 aliphatic rings. The molecule has 1 N–H and O–H groups in total. The Morgan fingerprint density at radius 3 is 2.54 bits per heavy atom. The van der Waals surface area contributed by atoms with Crippen LogP contribution in [0.3, 0.4) is 0 Å². The summed E-state index contributed by atoms with van der Waals surface area (Å²) < 4.78 is 53.5. The van der Waals surface area contributed by atoms with Gasteiger partial charge in [-0.1, -0.05) is 0 Å². The highest BCUT2D eigenvalue weighted by Gasteiger charge is 2.20. The molecule has 3 rings (SSSR count). The van der Waals surface area contributed by atoms with E-state index in [-0.39, 0.29) is 6.54 Å². The van der Waals surface area contributed by atoms with Crippen molar-refractivity contribution < 1.29 is 17.2 Å². The molecule has 2 heterocycles. The van der Waals surface area contributed by atoms with E-state index in [1.165, 1.54) is 6.42 Å². The number of nitrogens with zero attached hydrogens (tertiary/aromatic N) is 3. The number of sulfonamides is 1. The van der Waals surface area contributed by atoms with E-state index in [0.717, 1.165) is 49.6 Å². The molecule has 1 aromatic heterocycles. The predicted octanol–water partition coefficient (Wildman–Crippen LogP) is 2.53. The fraction of sp³-hybridized carbons (Fsp3) is 0.412. The Labute approximate surface area is 151 Å². The Morgan fingerprint density at radius 2 is 1.85 bits per heavy atom. The van der Waals surface area contributed by atoms with E-state index in [2.05, 4.69) is 19.6 Å². The molecule has 9 heteroatoms. The maximum Gasteiger partial charge on any atom is 0.243 e. The smallest absolute Gasteiger partial charge is 0.243 e. The maximum atomic E-state index is 13.7. The fourth-order valence-electron chi connectivity index (χ4n) is 2.91. The second-order valence-electron chi connectivity index (χ2n) is 6.23. The lowest BCUT2D eigenvalue weighted by Crippen LogP contribution is -2.31. The molecule has 1 saturated heterocycles. The van der Waals surface area contributed by atoms with Gasteiger partial charge in [0.05, 0.1) is 6.54 Å². The van der Waals surface area contributed by atoms with E-state index < -0.39 is 26.6 Å². The van der Waals surface area contributed by atoms with Crippen molar-refractivity contribution in [1.82, 2.24) is 14.7 Å². The number of rotatable bonds is 5. The van der Waals surface area contributed by atoms with Crippen LogP contribution in [0.4, 0.5) is 14.6 Å². The molecular formula is C17H20F2N4O2S. The summed E-state index contributed by atoms with van der Waals surface area (Å²) in [6.07, 6.45) is 3.38. The lowest BCUT2D eigenvalue weighted by molar-refractivity contribution is 0.542. The van der Waals surface area contributed by atoms with E-state index in [0.29, 0.717) is 11.9 Å². The van der Waals surface area contributed by atoms with Crippen LogP contribution in [-0.4, -0.2) is 31.5 Å². The van der Waals surface area contributed by atoms with Crippen LogP contribution >= 0.6 is 0 Å². The van der Waals surface area contributed by atoms with Crippen molar-refractivity contribution in [3.05, 3.63) is 47.4 Å². The standard InChI is InChI=1S/C17H20F2N4O2S/c1-12-9-17(23-7-3-2-4-8-23)22-16(21-12)11-20-26(24,25)15-6-5-13(18)10-14(15)19/h5-6,9-10,20H,2-4,7-8,11H2,1H3. The summed E-state index contributed by atoms with van der Waals surface area (Å²) in [6.45, 7) is 3.44. The Balaban J connectivity index is 1.77. The van der Waals surface area contributed by atoms with Gasteiger partial charge in [-0.25, -0.2) is 31.9 Å². The third kappa shape index (κ3) is 4.34. The van der Waals surface area contributed by atoms with Gasteiger partial charge in [0.15, 0.2) is 0 Å². The lowest BCUT2D eigenvalue weighted by atomic mass is 10.1. The number of piperidine rings is 1. The summed E-state index contributed by atoms with van der Waals surface area (Å²) in [5.41, 5.74) is 0.725. The molecule has 0 saturated carbocycles. The molecule has 1 aromatic carbocycles. The van der Waals surface area contributed by atoms with Gasteiger partial charge in [-0.3, -0.25) is 0 Å². The van der Waals surface area contributed by atoms with Crippen molar-refractivity contribution in [3.63, 3.8) is 0 Å². The SMILES string of the molecule is Cc1cc(N2CCCCC2)nc(CNS(=O)(=O)c2ccc(F)cc2F)n1. The van der Waals surface area contributed by atoms with E-state index in [4.69, 9.17) is 0 Å². The van der Waals surface area contributed by atoms with Crippen molar-refractivity contribution in [2.24, 2.45) is 0 Å². The van der Waals surface area contributed by atoms with Crippen LogP contribution in [0.15, 0.2) is 29.2 Å². The fourth-order valence-corrected chi connectivity index (χ4v) is 3.94. The molecule has 140 valence electrons. The third-order valence-corrected chi connectivity index (χ3v) is 5.61. The van der Waals surface area contributed by atoms with E-state index >= 15 is 0 Å². The van der Waals surface area contributed by atoms with E-state index in [1.807, 2.05) is 13.0 Å². The maximum absolute atomic E-state index is 13.7. The minimum Gasteiger partial charge on any atom is -0.357 e. The summed E-state index contributed by atoms with van der Waals surface area (Å²) in [6, 6.07) is 4.19. The largest absolute Gasteiger partial charge is 0.357 e. The zero-order valence-corrected chi connectivity index (χ0v) is 15.2. The molecular weight excluding hydrogens is 362 g/mol. The van der Waals surface area contributed by atoms with Crippen LogP contribution in [0, 0.1) is 18.6 Å². The van der Waals surface area contributed by atoms with Gasteiger partial charge in [-0.05, 0) is 38.3 Å². The van der Waals surface area contributed by atoms with Gasteiger partial charge >= 0.3 is 0 Å². The first-order chi connectivity index (χ1) is 12.3. The highest BCUT2D eigenvalue weighted by molar-refractivity contribution is 7.89. The van der Waals surface area contributed by atoms with Gasteiger partial charge in [0, 0.05) is 30.9 Å². The van der Waals surface area contributed by atoms with Crippen LogP contribution < -0.4 is 9.62 Å². The average Bonchev–Trinajstić information content (AvgIpc) is 2.60. The van der Waals surface area contributed by atoms with Crippen molar-refractivity contribution in [2.45, 2.75) is 37.6 Å². The first kappa shape index (κ1) is 18.7. The number of benzene rings is 1. The van der Waals surface area contributed by atoms with Gasteiger partial charge in [-0.15, -0.1) is 0 Å². The van der Waals surface area contributed by atoms with Gasteiger partial charge in [0.1, 0.15) is 28.2 Å².